The molecule has 12 heteroatoms. The molecule has 0 aromatic carbocycles. The highest BCUT2D eigenvalue weighted by molar-refractivity contribution is 7.46. The fraction of sp³-hybridized carbons (Fsp3) is 0.561. The van der Waals surface area contributed by atoms with E-state index in [9.17, 15) is 29.5 Å². The van der Waals surface area contributed by atoms with Gasteiger partial charge < -0.3 is 34.6 Å². The molecule has 0 unspecified atom stereocenters. The Morgan fingerprint density at radius 1 is 0.642 bits per heavy atom. The minimum absolute atomic E-state index is 0.0785. The number of hydrogen-bond donors (Lipinski definition) is 5. The van der Waals surface area contributed by atoms with Crippen LogP contribution in [0.3, 0.4) is 0 Å². The summed E-state index contributed by atoms with van der Waals surface area (Å²) in [6.07, 6.45) is 36.5. The molecule has 0 aromatic rings. The summed E-state index contributed by atoms with van der Waals surface area (Å²) >= 11 is 0. The molecule has 5 N–H and O–H groups in total. The van der Waals surface area contributed by atoms with E-state index < -0.39 is 57.4 Å². The minimum atomic E-state index is -4.86. The third-order valence-electron chi connectivity index (χ3n) is 7.44. The van der Waals surface area contributed by atoms with Crippen LogP contribution in [0, 0.1) is 0 Å². The van der Waals surface area contributed by atoms with Gasteiger partial charge in [0.25, 0.3) is 0 Å². The number of aliphatic hydroxyl groups is 3. The maximum absolute atomic E-state index is 12.4. The third-order valence-corrected chi connectivity index (χ3v) is 7.93. The number of esters is 2. The van der Waals surface area contributed by atoms with Crippen molar-refractivity contribution in [2.24, 2.45) is 0 Å². The number of rotatable bonds is 32. The Hall–Kier alpha value is -3.15. The summed E-state index contributed by atoms with van der Waals surface area (Å²) in [6.45, 7) is 3.05. The predicted molar refractivity (Wildman–Crippen MR) is 211 cm³/mol. The van der Waals surface area contributed by atoms with E-state index in [0.717, 1.165) is 57.8 Å². The van der Waals surface area contributed by atoms with Crippen LogP contribution < -0.4 is 0 Å². The van der Waals surface area contributed by atoms with Gasteiger partial charge in [-0.25, -0.2) is 4.57 Å². The van der Waals surface area contributed by atoms with Crippen molar-refractivity contribution in [1.82, 2.24) is 0 Å². The first-order valence-corrected chi connectivity index (χ1v) is 20.4. The zero-order valence-corrected chi connectivity index (χ0v) is 32.6. The van der Waals surface area contributed by atoms with Gasteiger partial charge >= 0.3 is 19.8 Å². The van der Waals surface area contributed by atoms with Crippen LogP contribution in [0.5, 0.6) is 0 Å². The molecule has 0 spiro atoms. The number of aliphatic hydroxyl groups excluding tert-OH is 3. The molecular formula is C41H65O11P. The number of hydrogen-bond acceptors (Lipinski definition) is 9. The van der Waals surface area contributed by atoms with Gasteiger partial charge in [0.2, 0.25) is 0 Å². The van der Waals surface area contributed by atoms with Gasteiger partial charge in [-0.1, -0.05) is 130 Å². The lowest BCUT2D eigenvalue weighted by Crippen LogP contribution is -2.29. The van der Waals surface area contributed by atoms with E-state index in [1.54, 1.807) is 42.5 Å². The second-order valence-corrected chi connectivity index (χ2v) is 13.6. The standard InChI is InChI=1S/C41H65O11P/c1-3-5-7-8-9-10-11-12-13-14-15-16-17-22-26-32-40(45)50-34-37(35-51-53(47,48)49)52-41(46)33-27-31-39(44)38(43)30-25-21-19-18-20-24-29-36(42)28-23-6-4-2/h5-7,9-10,12-13,18-21,23-25,29-30,36-39,42-44H,3-4,8,11,14-17,22,26-28,31-35H2,1-2H3,(H2,47,48,49)/b7-5-,10-9-,13-12-,20-18+,21-19-,23-6-,29-24+,30-25-/t36-,37+,38+,39+/m0/s1. The fourth-order valence-electron chi connectivity index (χ4n) is 4.55. The molecule has 0 amide bonds. The van der Waals surface area contributed by atoms with Crippen molar-refractivity contribution in [3.8, 4) is 0 Å². The quantitative estimate of drug-likeness (QED) is 0.0147. The molecule has 0 aromatic heterocycles. The van der Waals surface area contributed by atoms with Crippen molar-refractivity contribution in [3.05, 3.63) is 97.2 Å². The first-order valence-electron chi connectivity index (χ1n) is 18.9. The molecule has 0 aliphatic carbocycles. The van der Waals surface area contributed by atoms with E-state index in [2.05, 4.69) is 47.9 Å². The van der Waals surface area contributed by atoms with Gasteiger partial charge in [0.15, 0.2) is 6.10 Å². The predicted octanol–water partition coefficient (Wildman–Crippen LogP) is 7.97. The highest BCUT2D eigenvalue weighted by Crippen LogP contribution is 2.36. The van der Waals surface area contributed by atoms with Crippen LogP contribution in [0.1, 0.15) is 110 Å². The van der Waals surface area contributed by atoms with Gasteiger partial charge in [0.05, 0.1) is 24.9 Å². The van der Waals surface area contributed by atoms with Crippen LogP contribution in [-0.2, 0) is 28.2 Å². The number of carbonyl (C=O) groups is 2. The summed E-state index contributed by atoms with van der Waals surface area (Å²) in [5.74, 6) is -1.25. The topological polar surface area (TPSA) is 180 Å². The molecule has 0 aliphatic heterocycles. The molecule has 0 radical (unpaired) electrons. The molecule has 0 fully saturated rings. The molecule has 300 valence electrons. The smallest absolute Gasteiger partial charge is 0.462 e. The number of phosphoric ester groups is 1. The van der Waals surface area contributed by atoms with Gasteiger partial charge in [-0.3, -0.25) is 14.1 Å². The second kappa shape index (κ2) is 34.6. The number of phosphoric acid groups is 1. The Kier molecular flexibility index (Phi) is 32.6. The molecule has 0 rings (SSSR count). The lowest BCUT2D eigenvalue weighted by Gasteiger charge is -2.19. The summed E-state index contributed by atoms with van der Waals surface area (Å²) < 4.78 is 26.1. The van der Waals surface area contributed by atoms with Gasteiger partial charge in [0.1, 0.15) is 6.61 Å². The van der Waals surface area contributed by atoms with Crippen LogP contribution >= 0.6 is 7.82 Å². The average Bonchev–Trinajstić information content (AvgIpc) is 3.11. The van der Waals surface area contributed by atoms with Gasteiger partial charge in [-0.15, -0.1) is 0 Å². The fourth-order valence-corrected chi connectivity index (χ4v) is 4.91. The zero-order valence-electron chi connectivity index (χ0n) is 31.7. The maximum Gasteiger partial charge on any atom is 0.469 e. The first kappa shape index (κ1) is 49.9. The molecule has 0 heterocycles. The molecule has 0 aliphatic rings. The summed E-state index contributed by atoms with van der Waals surface area (Å²) in [5, 5.41) is 30.2. The lowest BCUT2D eigenvalue weighted by molar-refractivity contribution is -0.161. The first-order chi connectivity index (χ1) is 25.5. The van der Waals surface area contributed by atoms with Crippen LogP contribution in [0.2, 0.25) is 0 Å². The van der Waals surface area contributed by atoms with Gasteiger partial charge in [-0.2, -0.15) is 0 Å². The normalized spacial score (nSPS) is 15.4. The van der Waals surface area contributed by atoms with Crippen molar-refractivity contribution in [2.75, 3.05) is 13.2 Å². The second-order valence-electron chi connectivity index (χ2n) is 12.4. The van der Waals surface area contributed by atoms with Crippen molar-refractivity contribution >= 4 is 19.8 Å². The van der Waals surface area contributed by atoms with Crippen LogP contribution in [0.4, 0.5) is 0 Å². The molecule has 11 nitrogen and oxygen atoms in total. The van der Waals surface area contributed by atoms with E-state index in [-0.39, 0.29) is 25.7 Å². The number of ether oxygens (including phenoxy) is 2. The molecule has 0 saturated heterocycles. The van der Waals surface area contributed by atoms with Gasteiger partial charge in [0, 0.05) is 12.8 Å². The zero-order chi connectivity index (χ0) is 39.4. The Morgan fingerprint density at radius 2 is 1.21 bits per heavy atom. The van der Waals surface area contributed by atoms with Crippen molar-refractivity contribution < 1.29 is 53.3 Å². The monoisotopic (exact) mass is 764 g/mol. The lowest BCUT2D eigenvalue weighted by atomic mass is 10.1. The molecule has 0 bridgehead atoms. The number of carbonyl (C=O) groups excluding carboxylic acids is 2. The molecular weight excluding hydrogens is 699 g/mol. The largest absolute Gasteiger partial charge is 0.469 e. The Labute approximate surface area is 317 Å². The Balaban J connectivity index is 4.39. The molecule has 53 heavy (non-hydrogen) atoms. The van der Waals surface area contributed by atoms with Crippen LogP contribution in [0.15, 0.2) is 97.2 Å². The molecule has 4 atom stereocenters. The van der Waals surface area contributed by atoms with Crippen LogP contribution in [-0.4, -0.2) is 74.7 Å². The summed E-state index contributed by atoms with van der Waals surface area (Å²) in [4.78, 5) is 42.8. The van der Waals surface area contributed by atoms with E-state index in [0.29, 0.717) is 12.8 Å². The van der Waals surface area contributed by atoms with Crippen LogP contribution in [0.25, 0.3) is 0 Å². The number of unbranched alkanes of at least 4 members (excludes halogenated alkanes) is 5. The number of allylic oxidation sites excluding steroid dienone is 13. The van der Waals surface area contributed by atoms with Crippen molar-refractivity contribution in [1.29, 1.82) is 0 Å². The van der Waals surface area contributed by atoms with Crippen molar-refractivity contribution in [2.45, 2.75) is 135 Å². The van der Waals surface area contributed by atoms with E-state index in [1.165, 1.54) is 6.08 Å². The average molecular weight is 765 g/mol. The highest BCUT2D eigenvalue weighted by atomic mass is 31.2. The molecule has 0 saturated carbocycles. The summed E-state index contributed by atoms with van der Waals surface area (Å²) in [7, 11) is -4.86. The summed E-state index contributed by atoms with van der Waals surface area (Å²) in [6, 6.07) is 0. The Morgan fingerprint density at radius 3 is 1.89 bits per heavy atom. The highest BCUT2D eigenvalue weighted by Gasteiger charge is 2.23. The Bertz CT molecular complexity index is 1230. The van der Waals surface area contributed by atoms with E-state index in [1.807, 2.05) is 19.1 Å². The van der Waals surface area contributed by atoms with Gasteiger partial charge in [-0.05, 0) is 64.2 Å². The van der Waals surface area contributed by atoms with E-state index >= 15 is 0 Å². The minimum Gasteiger partial charge on any atom is -0.462 e. The van der Waals surface area contributed by atoms with Crippen molar-refractivity contribution in [3.63, 3.8) is 0 Å². The maximum atomic E-state index is 12.4. The summed E-state index contributed by atoms with van der Waals surface area (Å²) in [5.41, 5.74) is 0. The SMILES string of the molecule is CC/C=C\C/C=C\C/C=C\CCCCCCCC(=O)OC[C@H](COP(=O)(O)O)OC(=O)CCC[C@@H](O)[C@H](O)\C=C/C=C\C=C\C=C\[C@@H](O)C/C=C\CC. The third kappa shape index (κ3) is 35.6. The van der Waals surface area contributed by atoms with E-state index in [4.69, 9.17) is 19.3 Å².